The van der Waals surface area contributed by atoms with E-state index in [0.717, 1.165) is 0 Å². The summed E-state index contributed by atoms with van der Waals surface area (Å²) in [5.74, 6) is -1.57. The van der Waals surface area contributed by atoms with E-state index in [-0.39, 0.29) is 11.7 Å². The van der Waals surface area contributed by atoms with Gasteiger partial charge in [0.05, 0.1) is 6.26 Å². The lowest BCUT2D eigenvalue weighted by Crippen LogP contribution is -2.04. The summed E-state index contributed by atoms with van der Waals surface area (Å²) in [6.45, 7) is 0. The third-order valence-corrected chi connectivity index (χ3v) is 1.40. The Labute approximate surface area is 75.3 Å². The van der Waals surface area contributed by atoms with Crippen molar-refractivity contribution in [2.45, 2.75) is 6.18 Å². The minimum Gasteiger partial charge on any atom is -0.459 e. The van der Waals surface area contributed by atoms with Gasteiger partial charge in [-0.1, -0.05) is 0 Å². The molecule has 0 bridgehead atoms. The van der Waals surface area contributed by atoms with Crippen LogP contribution >= 0.6 is 0 Å². The predicted molar refractivity (Wildman–Crippen MR) is 37.0 cm³/mol. The molecule has 0 amide bonds. The Kier molecular flexibility index (Phi) is 1.80. The van der Waals surface area contributed by atoms with Crippen LogP contribution in [0.5, 0.6) is 0 Å². The second kappa shape index (κ2) is 2.86. The number of hydrogen-bond acceptors (Lipinski definition) is 4. The van der Waals surface area contributed by atoms with E-state index >= 15 is 0 Å². The molecule has 0 aliphatic rings. The molecule has 14 heavy (non-hydrogen) atoms. The van der Waals surface area contributed by atoms with Gasteiger partial charge in [0, 0.05) is 0 Å². The maximum absolute atomic E-state index is 12.0. The van der Waals surface area contributed by atoms with Crippen LogP contribution in [0.4, 0.5) is 13.2 Å². The fourth-order valence-corrected chi connectivity index (χ4v) is 0.838. The molecule has 0 fully saturated rings. The first kappa shape index (κ1) is 8.79. The van der Waals surface area contributed by atoms with Gasteiger partial charge in [-0.15, -0.1) is 10.2 Å². The molecule has 0 saturated heterocycles. The largest absolute Gasteiger partial charge is 0.470 e. The van der Waals surface area contributed by atoms with Crippen LogP contribution in [0.3, 0.4) is 0 Å². The summed E-state index contributed by atoms with van der Waals surface area (Å²) in [6.07, 6.45) is -3.33. The van der Waals surface area contributed by atoms with Crippen molar-refractivity contribution in [2.24, 2.45) is 0 Å². The molecule has 2 heterocycles. The molecule has 2 aromatic rings. The van der Waals surface area contributed by atoms with E-state index in [1.807, 2.05) is 0 Å². The van der Waals surface area contributed by atoms with E-state index in [0.29, 0.717) is 0 Å². The molecule has 0 atom stereocenters. The van der Waals surface area contributed by atoms with Crippen LogP contribution in [0.1, 0.15) is 5.89 Å². The lowest BCUT2D eigenvalue weighted by molar-refractivity contribution is -0.157. The zero-order chi connectivity index (χ0) is 10.2. The molecule has 0 aromatic carbocycles. The maximum atomic E-state index is 12.0. The molecular formula is C7H3F3N2O2. The summed E-state index contributed by atoms with van der Waals surface area (Å²) < 4.78 is 45.2. The quantitative estimate of drug-likeness (QED) is 0.715. The van der Waals surface area contributed by atoms with E-state index in [9.17, 15) is 13.2 Å². The summed E-state index contributed by atoms with van der Waals surface area (Å²) in [5.41, 5.74) is 0. The number of halogens is 3. The third-order valence-electron chi connectivity index (χ3n) is 1.40. The Morgan fingerprint density at radius 1 is 1.21 bits per heavy atom. The van der Waals surface area contributed by atoms with Crippen LogP contribution < -0.4 is 0 Å². The Hall–Kier alpha value is -1.79. The van der Waals surface area contributed by atoms with Gasteiger partial charge >= 0.3 is 12.1 Å². The average molecular weight is 204 g/mol. The van der Waals surface area contributed by atoms with Gasteiger partial charge in [-0.25, -0.2) is 0 Å². The number of furan rings is 1. The molecule has 0 radical (unpaired) electrons. The normalized spacial score (nSPS) is 11.9. The molecule has 0 saturated carbocycles. The third kappa shape index (κ3) is 1.48. The maximum Gasteiger partial charge on any atom is 0.470 e. The highest BCUT2D eigenvalue weighted by atomic mass is 19.4. The minimum absolute atomic E-state index is 0.105. The highest BCUT2D eigenvalue weighted by molar-refractivity contribution is 5.42. The molecular weight excluding hydrogens is 201 g/mol. The lowest BCUT2D eigenvalue weighted by Gasteiger charge is -1.96. The summed E-state index contributed by atoms with van der Waals surface area (Å²) in [6, 6.07) is 2.93. The zero-order valence-electron chi connectivity index (χ0n) is 6.58. The van der Waals surface area contributed by atoms with Gasteiger partial charge in [0.25, 0.3) is 5.89 Å². The lowest BCUT2D eigenvalue weighted by atomic mass is 10.5. The van der Waals surface area contributed by atoms with Crippen molar-refractivity contribution in [1.29, 1.82) is 0 Å². The molecule has 2 rings (SSSR count). The molecule has 2 aromatic heterocycles. The molecule has 0 unspecified atom stereocenters. The molecule has 74 valence electrons. The van der Waals surface area contributed by atoms with Crippen molar-refractivity contribution >= 4 is 0 Å². The second-order valence-electron chi connectivity index (χ2n) is 2.39. The zero-order valence-corrected chi connectivity index (χ0v) is 6.58. The van der Waals surface area contributed by atoms with Crippen molar-refractivity contribution in [2.75, 3.05) is 0 Å². The number of rotatable bonds is 1. The first-order valence-electron chi connectivity index (χ1n) is 3.52. The first-order valence-corrected chi connectivity index (χ1v) is 3.52. The smallest absolute Gasteiger partial charge is 0.459 e. The van der Waals surface area contributed by atoms with E-state index in [1.165, 1.54) is 18.4 Å². The van der Waals surface area contributed by atoms with Crippen LogP contribution in [0.25, 0.3) is 11.7 Å². The van der Waals surface area contributed by atoms with Crippen molar-refractivity contribution in [3.8, 4) is 11.7 Å². The van der Waals surface area contributed by atoms with Crippen molar-refractivity contribution < 1.29 is 22.0 Å². The standard InChI is InChI=1S/C7H3F3N2O2/c8-7(9,10)6-12-11-5(14-6)4-2-1-3-13-4/h1-3H. The Bertz CT molecular complexity index is 418. The molecule has 0 spiro atoms. The molecule has 7 heteroatoms. The topological polar surface area (TPSA) is 52.1 Å². The molecule has 0 N–H and O–H groups in total. The van der Waals surface area contributed by atoms with Crippen LogP contribution in [0.2, 0.25) is 0 Å². The fourth-order valence-electron chi connectivity index (χ4n) is 0.838. The highest BCUT2D eigenvalue weighted by Crippen LogP contribution is 2.30. The average Bonchev–Trinajstić information content (AvgIpc) is 2.73. The summed E-state index contributed by atoms with van der Waals surface area (Å²) in [7, 11) is 0. The number of hydrogen-bond donors (Lipinski definition) is 0. The summed E-state index contributed by atoms with van der Waals surface area (Å²) in [4.78, 5) is 0. The molecule has 4 nitrogen and oxygen atoms in total. The monoisotopic (exact) mass is 204 g/mol. The van der Waals surface area contributed by atoms with Crippen LogP contribution in [-0.2, 0) is 6.18 Å². The van der Waals surface area contributed by atoms with Crippen molar-refractivity contribution in [1.82, 2.24) is 10.2 Å². The summed E-state index contributed by atoms with van der Waals surface area (Å²) in [5, 5.41) is 6.04. The number of alkyl halides is 3. The Morgan fingerprint density at radius 3 is 2.50 bits per heavy atom. The SMILES string of the molecule is FC(F)(F)c1nnc(-c2ccco2)o1. The fraction of sp³-hybridized carbons (Fsp3) is 0.143. The second-order valence-corrected chi connectivity index (χ2v) is 2.39. The van der Waals surface area contributed by atoms with E-state index in [1.54, 1.807) is 0 Å². The van der Waals surface area contributed by atoms with Gasteiger partial charge in [0.15, 0.2) is 5.76 Å². The van der Waals surface area contributed by atoms with Crippen molar-refractivity contribution in [3.63, 3.8) is 0 Å². The van der Waals surface area contributed by atoms with E-state index in [2.05, 4.69) is 14.6 Å². The van der Waals surface area contributed by atoms with Gasteiger partial charge in [-0.3, -0.25) is 0 Å². The Balaban J connectivity index is 2.36. The molecule has 0 aliphatic carbocycles. The first-order chi connectivity index (χ1) is 6.57. The highest BCUT2D eigenvalue weighted by Gasteiger charge is 2.38. The van der Waals surface area contributed by atoms with Crippen molar-refractivity contribution in [3.05, 3.63) is 24.3 Å². The van der Waals surface area contributed by atoms with Gasteiger partial charge < -0.3 is 8.83 Å². The number of nitrogens with zero attached hydrogens (tertiary/aromatic N) is 2. The van der Waals surface area contributed by atoms with Crippen LogP contribution in [0.15, 0.2) is 27.2 Å². The summed E-state index contributed by atoms with van der Waals surface area (Å²) >= 11 is 0. The molecule has 0 aliphatic heterocycles. The van der Waals surface area contributed by atoms with E-state index in [4.69, 9.17) is 4.42 Å². The van der Waals surface area contributed by atoms with E-state index < -0.39 is 12.1 Å². The van der Waals surface area contributed by atoms with Gasteiger partial charge in [0.1, 0.15) is 0 Å². The Morgan fingerprint density at radius 2 is 2.00 bits per heavy atom. The van der Waals surface area contributed by atoms with Crippen LogP contribution in [0, 0.1) is 0 Å². The predicted octanol–water partition coefficient (Wildman–Crippen LogP) is 2.35. The minimum atomic E-state index is -4.63. The van der Waals surface area contributed by atoms with Gasteiger partial charge in [-0.2, -0.15) is 13.2 Å². The van der Waals surface area contributed by atoms with Gasteiger partial charge in [-0.05, 0) is 12.1 Å². The van der Waals surface area contributed by atoms with Gasteiger partial charge in [0.2, 0.25) is 0 Å². The number of aromatic nitrogens is 2. The van der Waals surface area contributed by atoms with Crippen LogP contribution in [-0.4, -0.2) is 10.2 Å².